The SMILES string of the molecule is CCCCC/C=C/C/C=C/CCCCCCCC(=O)OC[C@@H](c1c[nH]c2cc(CC=C(C)C)ccc12)C(C)(C)O. The van der Waals surface area contributed by atoms with Gasteiger partial charge in [0.15, 0.2) is 0 Å². The van der Waals surface area contributed by atoms with E-state index in [-0.39, 0.29) is 18.5 Å². The summed E-state index contributed by atoms with van der Waals surface area (Å²) in [7, 11) is 0. The molecule has 40 heavy (non-hydrogen) atoms. The van der Waals surface area contributed by atoms with Crippen LogP contribution in [0, 0.1) is 0 Å². The van der Waals surface area contributed by atoms with E-state index in [1.165, 1.54) is 49.7 Å². The minimum absolute atomic E-state index is 0.176. The zero-order valence-corrected chi connectivity index (χ0v) is 25.9. The second kappa shape index (κ2) is 18.7. The molecule has 222 valence electrons. The third-order valence-corrected chi connectivity index (χ3v) is 7.49. The molecule has 0 aliphatic heterocycles. The highest BCUT2D eigenvalue weighted by atomic mass is 16.5. The van der Waals surface area contributed by atoms with Crippen LogP contribution < -0.4 is 0 Å². The van der Waals surface area contributed by atoms with Gasteiger partial charge in [-0.25, -0.2) is 0 Å². The first-order valence-corrected chi connectivity index (χ1v) is 15.6. The number of benzene rings is 1. The molecule has 0 saturated heterocycles. The van der Waals surface area contributed by atoms with E-state index in [1.807, 2.05) is 6.20 Å². The van der Waals surface area contributed by atoms with Gasteiger partial charge in [-0.1, -0.05) is 87.1 Å². The molecule has 1 heterocycles. The van der Waals surface area contributed by atoms with Crippen molar-refractivity contribution in [3.63, 3.8) is 0 Å². The number of rotatable bonds is 20. The Morgan fingerprint density at radius 2 is 1.65 bits per heavy atom. The molecule has 4 heteroatoms. The molecule has 0 saturated carbocycles. The van der Waals surface area contributed by atoms with Gasteiger partial charge >= 0.3 is 5.97 Å². The summed E-state index contributed by atoms with van der Waals surface area (Å²) in [4.78, 5) is 15.8. The lowest BCUT2D eigenvalue weighted by Gasteiger charge is -2.29. The second-order valence-electron chi connectivity index (χ2n) is 12.0. The van der Waals surface area contributed by atoms with Crippen LogP contribution in [0.2, 0.25) is 0 Å². The van der Waals surface area contributed by atoms with Gasteiger partial charge in [0, 0.05) is 29.4 Å². The van der Waals surface area contributed by atoms with Gasteiger partial charge in [0.25, 0.3) is 0 Å². The molecule has 2 N–H and O–H groups in total. The molecule has 2 aromatic rings. The first kappa shape index (κ1) is 33.6. The van der Waals surface area contributed by atoms with Gasteiger partial charge in [0.05, 0.1) is 5.60 Å². The van der Waals surface area contributed by atoms with Gasteiger partial charge in [0.2, 0.25) is 0 Å². The fourth-order valence-corrected chi connectivity index (χ4v) is 4.94. The lowest BCUT2D eigenvalue weighted by molar-refractivity contribution is -0.145. The van der Waals surface area contributed by atoms with Crippen LogP contribution in [0.1, 0.15) is 129 Å². The Labute approximate surface area is 244 Å². The maximum absolute atomic E-state index is 12.5. The molecule has 0 radical (unpaired) electrons. The summed E-state index contributed by atoms with van der Waals surface area (Å²) < 4.78 is 5.68. The monoisotopic (exact) mass is 549 g/mol. The zero-order chi connectivity index (χ0) is 29.2. The fourth-order valence-electron chi connectivity index (χ4n) is 4.94. The van der Waals surface area contributed by atoms with Crippen LogP contribution >= 0.6 is 0 Å². The number of allylic oxidation sites excluding steroid dienone is 6. The van der Waals surface area contributed by atoms with Crippen LogP contribution in [0.5, 0.6) is 0 Å². The quantitative estimate of drug-likeness (QED) is 0.0981. The van der Waals surface area contributed by atoms with Crippen LogP contribution in [0.15, 0.2) is 60.3 Å². The predicted octanol–water partition coefficient (Wildman–Crippen LogP) is 9.89. The Kier molecular flexibility index (Phi) is 15.7. The third kappa shape index (κ3) is 13.2. The van der Waals surface area contributed by atoms with E-state index in [0.29, 0.717) is 6.42 Å². The Bertz CT molecular complexity index is 1080. The van der Waals surface area contributed by atoms with Crippen molar-refractivity contribution in [2.75, 3.05) is 6.61 Å². The van der Waals surface area contributed by atoms with Crippen molar-refractivity contribution in [1.29, 1.82) is 0 Å². The molecular weight excluding hydrogens is 494 g/mol. The Morgan fingerprint density at radius 1 is 0.975 bits per heavy atom. The molecule has 0 bridgehead atoms. The number of aromatic amines is 1. The van der Waals surface area contributed by atoms with Crippen molar-refractivity contribution in [1.82, 2.24) is 4.98 Å². The first-order valence-electron chi connectivity index (χ1n) is 15.6. The second-order valence-corrected chi connectivity index (χ2v) is 12.0. The van der Waals surface area contributed by atoms with Crippen LogP contribution in [-0.2, 0) is 16.0 Å². The highest BCUT2D eigenvalue weighted by Crippen LogP contribution is 2.34. The third-order valence-electron chi connectivity index (χ3n) is 7.49. The summed E-state index contributed by atoms with van der Waals surface area (Å²) in [5.74, 6) is -0.484. The maximum atomic E-state index is 12.5. The number of unbranched alkanes of at least 4 members (excludes halogenated alkanes) is 8. The molecule has 0 aliphatic carbocycles. The number of aliphatic hydroxyl groups is 1. The van der Waals surface area contributed by atoms with Crippen LogP contribution in [0.4, 0.5) is 0 Å². The maximum Gasteiger partial charge on any atom is 0.305 e. The molecule has 0 spiro atoms. The average Bonchev–Trinajstić information content (AvgIpc) is 3.31. The van der Waals surface area contributed by atoms with Gasteiger partial charge in [-0.3, -0.25) is 4.79 Å². The Morgan fingerprint density at radius 3 is 2.33 bits per heavy atom. The highest BCUT2D eigenvalue weighted by Gasteiger charge is 2.31. The predicted molar refractivity (Wildman–Crippen MR) is 171 cm³/mol. The minimum Gasteiger partial charge on any atom is -0.465 e. The van der Waals surface area contributed by atoms with E-state index in [9.17, 15) is 9.90 Å². The van der Waals surface area contributed by atoms with Gasteiger partial charge in [-0.15, -0.1) is 0 Å². The topological polar surface area (TPSA) is 62.3 Å². The largest absolute Gasteiger partial charge is 0.465 e. The van der Waals surface area contributed by atoms with Crippen molar-refractivity contribution >= 4 is 16.9 Å². The summed E-state index contributed by atoms with van der Waals surface area (Å²) in [6, 6.07) is 6.41. The molecular formula is C36H55NO3. The summed E-state index contributed by atoms with van der Waals surface area (Å²) in [6.07, 6.45) is 27.4. The Balaban J connectivity index is 1.68. The van der Waals surface area contributed by atoms with Crippen molar-refractivity contribution in [2.24, 2.45) is 0 Å². The lowest BCUT2D eigenvalue weighted by atomic mass is 9.85. The fraction of sp³-hybridized carbons (Fsp3) is 0.583. The van der Waals surface area contributed by atoms with Gasteiger partial charge in [0.1, 0.15) is 6.61 Å². The first-order chi connectivity index (χ1) is 19.2. The van der Waals surface area contributed by atoms with Crippen molar-refractivity contribution in [3.05, 3.63) is 71.5 Å². The smallest absolute Gasteiger partial charge is 0.305 e. The molecule has 2 rings (SSSR count). The number of ether oxygens (including phenoxy) is 1. The number of fused-ring (bicyclic) bond motifs is 1. The van der Waals surface area contributed by atoms with E-state index in [1.54, 1.807) is 13.8 Å². The molecule has 0 aliphatic rings. The molecule has 0 fully saturated rings. The summed E-state index contributed by atoms with van der Waals surface area (Å²) >= 11 is 0. The van der Waals surface area contributed by atoms with Crippen LogP contribution in [-0.4, -0.2) is 28.3 Å². The molecule has 4 nitrogen and oxygen atoms in total. The summed E-state index contributed by atoms with van der Waals surface area (Å²) in [5, 5.41) is 12.0. The normalized spacial score (nSPS) is 12.9. The lowest BCUT2D eigenvalue weighted by Crippen LogP contribution is -2.33. The molecule has 1 aromatic heterocycles. The highest BCUT2D eigenvalue weighted by molar-refractivity contribution is 5.84. The number of aromatic nitrogens is 1. The van der Waals surface area contributed by atoms with Crippen LogP contribution in [0.3, 0.4) is 0 Å². The van der Waals surface area contributed by atoms with Crippen molar-refractivity contribution in [3.8, 4) is 0 Å². The average molecular weight is 550 g/mol. The van der Waals surface area contributed by atoms with E-state index in [0.717, 1.165) is 55.0 Å². The molecule has 1 aromatic carbocycles. The molecule has 1 atom stereocenters. The van der Waals surface area contributed by atoms with E-state index in [2.05, 4.69) is 74.3 Å². The van der Waals surface area contributed by atoms with E-state index in [4.69, 9.17) is 4.74 Å². The van der Waals surface area contributed by atoms with Gasteiger partial charge in [-0.2, -0.15) is 0 Å². The zero-order valence-electron chi connectivity index (χ0n) is 25.9. The molecule has 0 amide bonds. The van der Waals surface area contributed by atoms with Crippen molar-refractivity contribution in [2.45, 2.75) is 130 Å². The van der Waals surface area contributed by atoms with Gasteiger partial charge < -0.3 is 14.8 Å². The summed E-state index contributed by atoms with van der Waals surface area (Å²) in [6.45, 7) is 10.2. The Hall–Kier alpha value is -2.59. The standard InChI is InChI=1S/C36H55NO3/c1-6-7-8-9-10-11-12-13-14-15-16-17-18-19-20-21-35(38)40-28-33(36(4,5)39)32-27-37-34-26-30(23-22-29(2)3)24-25-31(32)34/h10-11,13-14,22,24-27,33,37,39H,6-9,12,15-21,23,28H2,1-5H3/b11-10+,14-13+/t33-/m0/s1. The van der Waals surface area contributed by atoms with Crippen molar-refractivity contribution < 1.29 is 14.6 Å². The van der Waals surface area contributed by atoms with E-state index >= 15 is 0 Å². The number of hydrogen-bond acceptors (Lipinski definition) is 3. The summed E-state index contributed by atoms with van der Waals surface area (Å²) in [5.41, 5.74) is 3.55. The number of H-pyrrole nitrogens is 1. The number of hydrogen-bond donors (Lipinski definition) is 2. The van der Waals surface area contributed by atoms with E-state index < -0.39 is 5.60 Å². The number of carbonyl (C=O) groups excluding carboxylic acids is 1. The number of nitrogens with one attached hydrogen (secondary N) is 1. The molecule has 0 unspecified atom stereocenters. The minimum atomic E-state index is -1.02. The number of carbonyl (C=O) groups is 1. The van der Waals surface area contributed by atoms with Gasteiger partial charge in [-0.05, 0) is 89.8 Å². The van der Waals surface area contributed by atoms with Crippen LogP contribution in [0.25, 0.3) is 10.9 Å². The number of esters is 1.